The minimum atomic E-state index is -0.926. The predicted octanol–water partition coefficient (Wildman–Crippen LogP) is 5.42. The minimum Gasteiger partial charge on any atom is -0.481 e. The standard InChI is InChI=1S/C25H26Cl2N2O4/c1-14-12-19-18(22(27)21(14)26)13-20(29(19)3)23(30)28-15(2)16-4-6-17(7-5-16)25(24(31)32)8-10-33-11-9-25/h4-7,12-13,15H,8-11H2,1-3H3,(H,28,30)(H,31,32)/t15-/m0/s1. The molecule has 0 radical (unpaired) electrons. The van der Waals surface area contributed by atoms with Crippen LogP contribution in [0.15, 0.2) is 36.4 Å². The Balaban J connectivity index is 1.56. The van der Waals surface area contributed by atoms with Crippen LogP contribution in [0.5, 0.6) is 0 Å². The van der Waals surface area contributed by atoms with Crippen LogP contribution >= 0.6 is 23.2 Å². The van der Waals surface area contributed by atoms with E-state index in [2.05, 4.69) is 5.32 Å². The molecule has 6 nitrogen and oxygen atoms in total. The van der Waals surface area contributed by atoms with Gasteiger partial charge in [0.15, 0.2) is 0 Å². The molecular formula is C25H26Cl2N2O4. The number of nitrogens with zero attached hydrogens (tertiary/aromatic N) is 1. The van der Waals surface area contributed by atoms with Crippen LogP contribution in [0, 0.1) is 6.92 Å². The van der Waals surface area contributed by atoms with Gasteiger partial charge < -0.3 is 19.7 Å². The van der Waals surface area contributed by atoms with Crippen molar-refractivity contribution in [1.29, 1.82) is 0 Å². The molecule has 0 aliphatic carbocycles. The van der Waals surface area contributed by atoms with E-state index in [1.54, 1.807) is 10.6 Å². The molecule has 1 fully saturated rings. The fraction of sp³-hybridized carbons (Fsp3) is 0.360. The number of rotatable bonds is 5. The first kappa shape index (κ1) is 23.6. The molecule has 0 saturated carbocycles. The second kappa shape index (κ2) is 9.01. The monoisotopic (exact) mass is 488 g/mol. The molecule has 1 aliphatic rings. The molecule has 2 aromatic carbocycles. The van der Waals surface area contributed by atoms with Crippen molar-refractivity contribution in [3.05, 3.63) is 68.8 Å². The summed E-state index contributed by atoms with van der Waals surface area (Å²) in [5.74, 6) is -1.06. The van der Waals surface area contributed by atoms with E-state index in [9.17, 15) is 14.7 Å². The molecular weight excluding hydrogens is 463 g/mol. The van der Waals surface area contributed by atoms with Crippen molar-refractivity contribution in [2.75, 3.05) is 13.2 Å². The molecule has 2 N–H and O–H groups in total. The van der Waals surface area contributed by atoms with E-state index in [4.69, 9.17) is 27.9 Å². The number of benzene rings is 2. The molecule has 8 heteroatoms. The van der Waals surface area contributed by atoms with Crippen LogP contribution in [0.1, 0.15) is 53.0 Å². The Hall–Kier alpha value is -2.54. The number of amides is 1. The van der Waals surface area contributed by atoms with Gasteiger partial charge in [-0.15, -0.1) is 0 Å². The third-order valence-electron chi connectivity index (χ3n) is 6.71. The predicted molar refractivity (Wildman–Crippen MR) is 129 cm³/mol. The van der Waals surface area contributed by atoms with Crippen molar-refractivity contribution < 1.29 is 19.4 Å². The van der Waals surface area contributed by atoms with Gasteiger partial charge in [-0.05, 0) is 55.5 Å². The highest BCUT2D eigenvalue weighted by molar-refractivity contribution is 6.45. The number of fused-ring (bicyclic) bond motifs is 1. The number of aliphatic carboxylic acids is 1. The highest BCUT2D eigenvalue weighted by Gasteiger charge is 2.41. The number of aryl methyl sites for hydroxylation is 2. The summed E-state index contributed by atoms with van der Waals surface area (Å²) in [6.45, 7) is 4.63. The Labute approximate surface area is 202 Å². The maximum Gasteiger partial charge on any atom is 0.314 e. The average Bonchev–Trinajstić information content (AvgIpc) is 3.14. The Morgan fingerprint density at radius 1 is 1.12 bits per heavy atom. The average molecular weight is 489 g/mol. The van der Waals surface area contributed by atoms with Gasteiger partial charge in [0.1, 0.15) is 5.69 Å². The summed E-state index contributed by atoms with van der Waals surface area (Å²) in [6.07, 6.45) is 0.891. The summed E-state index contributed by atoms with van der Waals surface area (Å²) >= 11 is 12.7. The van der Waals surface area contributed by atoms with Gasteiger partial charge in [0.2, 0.25) is 0 Å². The summed E-state index contributed by atoms with van der Waals surface area (Å²) in [5, 5.41) is 14.5. The number of carbonyl (C=O) groups excluding carboxylic acids is 1. The third kappa shape index (κ3) is 4.12. The molecule has 33 heavy (non-hydrogen) atoms. The molecule has 0 bridgehead atoms. The van der Waals surface area contributed by atoms with Gasteiger partial charge in [-0.25, -0.2) is 0 Å². The summed E-state index contributed by atoms with van der Waals surface area (Å²) in [5.41, 5.74) is 2.87. The second-order valence-electron chi connectivity index (χ2n) is 8.66. The van der Waals surface area contributed by atoms with Gasteiger partial charge >= 0.3 is 5.97 Å². The Bertz CT molecular complexity index is 1230. The Morgan fingerprint density at radius 3 is 2.36 bits per heavy atom. The van der Waals surface area contributed by atoms with Crippen molar-refractivity contribution in [2.45, 2.75) is 38.1 Å². The molecule has 174 valence electrons. The summed E-state index contributed by atoms with van der Waals surface area (Å²) in [7, 11) is 1.82. The first-order valence-electron chi connectivity index (χ1n) is 10.8. The number of hydrogen-bond donors (Lipinski definition) is 2. The summed E-state index contributed by atoms with van der Waals surface area (Å²) < 4.78 is 7.17. The largest absolute Gasteiger partial charge is 0.481 e. The van der Waals surface area contributed by atoms with E-state index in [0.29, 0.717) is 41.8 Å². The SMILES string of the molecule is Cc1cc2c(cc(C(=O)N[C@@H](C)c3ccc(C4(C(=O)O)CCOCC4)cc3)n2C)c(Cl)c1Cl. The zero-order valence-electron chi connectivity index (χ0n) is 18.7. The van der Waals surface area contributed by atoms with Gasteiger partial charge in [0.05, 0.1) is 27.0 Å². The molecule has 1 saturated heterocycles. The maximum atomic E-state index is 13.1. The molecule has 4 rings (SSSR count). The lowest BCUT2D eigenvalue weighted by Gasteiger charge is -2.33. The molecule has 1 aromatic heterocycles. The number of carbonyl (C=O) groups is 2. The van der Waals surface area contributed by atoms with Gasteiger partial charge in [0.25, 0.3) is 5.91 Å². The minimum absolute atomic E-state index is 0.235. The number of aromatic nitrogens is 1. The third-order valence-corrected chi connectivity index (χ3v) is 7.68. The van der Waals surface area contributed by atoms with E-state index in [1.165, 1.54) is 0 Å². The van der Waals surface area contributed by atoms with Crippen LogP contribution < -0.4 is 5.32 Å². The van der Waals surface area contributed by atoms with Crippen molar-refractivity contribution in [1.82, 2.24) is 9.88 Å². The molecule has 0 unspecified atom stereocenters. The van der Waals surface area contributed by atoms with Crippen molar-refractivity contribution in [2.24, 2.45) is 7.05 Å². The molecule has 1 aliphatic heterocycles. The Kier molecular flexibility index (Phi) is 6.45. The molecule has 2 heterocycles. The van der Waals surface area contributed by atoms with Crippen LogP contribution in [-0.2, 0) is 22.0 Å². The number of hydrogen-bond acceptors (Lipinski definition) is 3. The zero-order chi connectivity index (χ0) is 23.9. The number of carboxylic acids is 1. The van der Waals surface area contributed by atoms with E-state index >= 15 is 0 Å². The fourth-order valence-electron chi connectivity index (χ4n) is 4.54. The first-order valence-corrected chi connectivity index (χ1v) is 11.6. The smallest absolute Gasteiger partial charge is 0.314 e. The lowest BCUT2D eigenvalue weighted by molar-refractivity contribution is -0.147. The summed E-state index contributed by atoms with van der Waals surface area (Å²) in [6, 6.07) is 10.8. The van der Waals surface area contributed by atoms with Crippen LogP contribution in [0.25, 0.3) is 10.9 Å². The lowest BCUT2D eigenvalue weighted by Crippen LogP contribution is -2.41. The quantitative estimate of drug-likeness (QED) is 0.502. The van der Waals surface area contributed by atoms with Crippen LogP contribution in [0.2, 0.25) is 10.0 Å². The molecule has 1 atom stereocenters. The highest BCUT2D eigenvalue weighted by Crippen LogP contribution is 2.37. The van der Waals surface area contributed by atoms with Gasteiger partial charge in [-0.2, -0.15) is 0 Å². The molecule has 3 aromatic rings. The number of ether oxygens (including phenoxy) is 1. The van der Waals surface area contributed by atoms with Crippen molar-refractivity contribution in [3.63, 3.8) is 0 Å². The van der Waals surface area contributed by atoms with E-state index in [-0.39, 0.29) is 11.9 Å². The van der Waals surface area contributed by atoms with Gasteiger partial charge in [-0.3, -0.25) is 9.59 Å². The van der Waals surface area contributed by atoms with Crippen LogP contribution in [-0.4, -0.2) is 34.8 Å². The molecule has 1 amide bonds. The van der Waals surface area contributed by atoms with Crippen molar-refractivity contribution >= 4 is 46.0 Å². The van der Waals surface area contributed by atoms with E-state index < -0.39 is 11.4 Å². The lowest BCUT2D eigenvalue weighted by atomic mass is 9.74. The molecule has 0 spiro atoms. The van der Waals surface area contributed by atoms with Crippen LogP contribution in [0.3, 0.4) is 0 Å². The van der Waals surface area contributed by atoms with Gasteiger partial charge in [-0.1, -0.05) is 47.5 Å². The zero-order valence-corrected chi connectivity index (χ0v) is 20.3. The first-order chi connectivity index (χ1) is 15.7. The van der Waals surface area contributed by atoms with Crippen LogP contribution in [0.4, 0.5) is 0 Å². The van der Waals surface area contributed by atoms with Gasteiger partial charge in [0, 0.05) is 25.6 Å². The second-order valence-corrected chi connectivity index (χ2v) is 9.42. The fourth-order valence-corrected chi connectivity index (χ4v) is 4.99. The maximum absolute atomic E-state index is 13.1. The van der Waals surface area contributed by atoms with E-state index in [0.717, 1.165) is 27.6 Å². The van der Waals surface area contributed by atoms with Crippen molar-refractivity contribution in [3.8, 4) is 0 Å². The summed E-state index contributed by atoms with van der Waals surface area (Å²) in [4.78, 5) is 25.1. The number of halogens is 2. The topological polar surface area (TPSA) is 80.6 Å². The number of carboxylic acid groups (broad SMARTS) is 1. The van der Waals surface area contributed by atoms with E-state index in [1.807, 2.05) is 51.2 Å². The number of nitrogens with one attached hydrogen (secondary N) is 1. The normalized spacial score (nSPS) is 16.5. The highest BCUT2D eigenvalue weighted by atomic mass is 35.5. The Morgan fingerprint density at radius 2 is 1.76 bits per heavy atom.